The summed E-state index contributed by atoms with van der Waals surface area (Å²) < 4.78 is 0. The van der Waals surface area contributed by atoms with E-state index in [1.54, 1.807) is 0 Å². The van der Waals surface area contributed by atoms with Gasteiger partial charge in [0.1, 0.15) is 11.5 Å². The van der Waals surface area contributed by atoms with Crippen LogP contribution in [0.15, 0.2) is 36.4 Å². The minimum Gasteiger partial charge on any atom is -0.508 e. The van der Waals surface area contributed by atoms with E-state index in [9.17, 15) is 10.2 Å². The van der Waals surface area contributed by atoms with Crippen LogP contribution in [-0.2, 0) is 5.41 Å². The number of hydrogen-bond donors (Lipinski definition) is 2. The maximum absolute atomic E-state index is 10.0. The van der Waals surface area contributed by atoms with Gasteiger partial charge in [0.15, 0.2) is 0 Å². The molecule has 0 aromatic heterocycles. The molecule has 0 saturated heterocycles. The van der Waals surface area contributed by atoms with Crippen LogP contribution in [-0.4, -0.2) is 10.2 Å². The maximum atomic E-state index is 10.0. The van der Waals surface area contributed by atoms with Crippen LogP contribution in [0.3, 0.4) is 0 Å². The fourth-order valence-electron chi connectivity index (χ4n) is 3.93. The lowest BCUT2D eigenvalue weighted by Crippen LogP contribution is -2.28. The van der Waals surface area contributed by atoms with Crippen molar-refractivity contribution in [3.05, 3.63) is 58.7 Å². The molecule has 2 aromatic rings. The van der Waals surface area contributed by atoms with Gasteiger partial charge in [-0.3, -0.25) is 0 Å². The molecule has 2 aromatic carbocycles. The Hall–Kier alpha value is -1.96. The quantitative estimate of drug-likeness (QED) is 0.488. The Morgan fingerprint density at radius 2 is 1.15 bits per heavy atom. The molecule has 26 heavy (non-hydrogen) atoms. The van der Waals surface area contributed by atoms with Crippen LogP contribution in [0.4, 0.5) is 0 Å². The minimum absolute atomic E-state index is 0.0674. The number of aromatic hydroxyl groups is 2. The number of hydrogen-bond acceptors (Lipinski definition) is 2. The lowest BCUT2D eigenvalue weighted by molar-refractivity contribution is 0.398. The van der Waals surface area contributed by atoms with Gasteiger partial charge in [-0.25, -0.2) is 0 Å². The van der Waals surface area contributed by atoms with Gasteiger partial charge in [-0.1, -0.05) is 70.2 Å². The number of unbranched alkanes of at least 4 members (excludes halogenated alkanes) is 3. The fourth-order valence-corrected chi connectivity index (χ4v) is 3.93. The summed E-state index contributed by atoms with van der Waals surface area (Å²) in [5.41, 5.74) is 4.34. The average Bonchev–Trinajstić information content (AvgIpc) is 2.63. The van der Waals surface area contributed by atoms with Gasteiger partial charge in [-0.2, -0.15) is 0 Å². The Morgan fingerprint density at radius 3 is 1.58 bits per heavy atom. The average molecular weight is 355 g/mol. The predicted molar refractivity (Wildman–Crippen MR) is 110 cm³/mol. The first-order chi connectivity index (χ1) is 12.4. The summed E-state index contributed by atoms with van der Waals surface area (Å²) in [6.07, 6.45) is 8.10. The normalized spacial score (nSPS) is 11.7. The Bertz CT molecular complexity index is 667. The Balaban J connectivity index is 2.61. The second kappa shape index (κ2) is 9.12. The van der Waals surface area contributed by atoms with E-state index in [2.05, 4.69) is 38.1 Å². The highest BCUT2D eigenvalue weighted by atomic mass is 16.3. The third kappa shape index (κ3) is 4.41. The molecule has 0 bridgehead atoms. The number of aryl methyl sites for hydroxylation is 2. The smallest absolute Gasteiger partial charge is 0.118 e. The van der Waals surface area contributed by atoms with Gasteiger partial charge in [0.2, 0.25) is 0 Å². The number of phenols is 2. The second-order valence-electron chi connectivity index (χ2n) is 7.65. The molecule has 0 saturated carbocycles. The van der Waals surface area contributed by atoms with Crippen LogP contribution in [0.2, 0.25) is 0 Å². The topological polar surface area (TPSA) is 40.5 Å². The van der Waals surface area contributed by atoms with Crippen molar-refractivity contribution in [2.75, 3.05) is 0 Å². The Labute approximate surface area is 158 Å². The summed E-state index contributed by atoms with van der Waals surface area (Å²) in [7, 11) is 0. The summed E-state index contributed by atoms with van der Waals surface area (Å²) in [5, 5.41) is 20.0. The minimum atomic E-state index is -0.0674. The summed E-state index contributed by atoms with van der Waals surface area (Å²) in [4.78, 5) is 0. The summed E-state index contributed by atoms with van der Waals surface area (Å²) >= 11 is 0. The zero-order valence-electron chi connectivity index (χ0n) is 16.8. The molecule has 0 spiro atoms. The highest BCUT2D eigenvalue weighted by Crippen LogP contribution is 2.44. The Kier molecular flexibility index (Phi) is 7.14. The van der Waals surface area contributed by atoms with Gasteiger partial charge in [-0.15, -0.1) is 0 Å². The van der Waals surface area contributed by atoms with Crippen LogP contribution in [0.1, 0.15) is 81.0 Å². The van der Waals surface area contributed by atoms with Crippen LogP contribution >= 0.6 is 0 Å². The van der Waals surface area contributed by atoms with Crippen LogP contribution in [0.5, 0.6) is 11.5 Å². The molecule has 0 amide bonds. The predicted octanol–water partition coefficient (Wildman–Crippen LogP) is 6.77. The summed E-state index contributed by atoms with van der Waals surface area (Å²) in [6, 6.07) is 12.1. The first-order valence-electron chi connectivity index (χ1n) is 10.0. The van der Waals surface area contributed by atoms with Crippen molar-refractivity contribution in [1.29, 1.82) is 0 Å². The molecule has 142 valence electrons. The van der Waals surface area contributed by atoms with Gasteiger partial charge < -0.3 is 10.2 Å². The Morgan fingerprint density at radius 1 is 0.692 bits per heavy atom. The van der Waals surface area contributed by atoms with Crippen molar-refractivity contribution >= 4 is 0 Å². The van der Waals surface area contributed by atoms with E-state index in [4.69, 9.17) is 0 Å². The van der Waals surface area contributed by atoms with Crippen molar-refractivity contribution in [3.63, 3.8) is 0 Å². The standard InChI is InChI=1S/C24H34O2/c1-5-7-9-15-24(14-8-6-2,20-10-12-22(25)18(3)16-20)21-11-13-23(26)19(4)17-21/h10-13,16-17,25-26H,5-9,14-15H2,1-4H3. The second-order valence-corrected chi connectivity index (χ2v) is 7.65. The van der Waals surface area contributed by atoms with Crippen molar-refractivity contribution in [3.8, 4) is 11.5 Å². The van der Waals surface area contributed by atoms with E-state index in [0.29, 0.717) is 11.5 Å². The molecular formula is C24H34O2. The van der Waals surface area contributed by atoms with E-state index >= 15 is 0 Å². The van der Waals surface area contributed by atoms with Gasteiger partial charge in [-0.05, 0) is 61.1 Å². The van der Waals surface area contributed by atoms with Crippen LogP contribution in [0, 0.1) is 13.8 Å². The monoisotopic (exact) mass is 354 g/mol. The molecule has 2 nitrogen and oxygen atoms in total. The first kappa shape index (κ1) is 20.4. The van der Waals surface area contributed by atoms with Gasteiger partial charge in [0, 0.05) is 5.41 Å². The molecule has 0 aliphatic heterocycles. The molecule has 0 unspecified atom stereocenters. The molecule has 0 atom stereocenters. The zero-order valence-corrected chi connectivity index (χ0v) is 16.8. The molecule has 0 heterocycles. The van der Waals surface area contributed by atoms with Crippen molar-refractivity contribution in [2.45, 2.75) is 78.1 Å². The molecule has 0 aliphatic rings. The fraction of sp³-hybridized carbons (Fsp3) is 0.500. The van der Waals surface area contributed by atoms with Crippen LogP contribution < -0.4 is 0 Å². The van der Waals surface area contributed by atoms with E-state index in [0.717, 1.165) is 36.8 Å². The maximum Gasteiger partial charge on any atom is 0.118 e. The van der Waals surface area contributed by atoms with E-state index in [1.807, 2.05) is 26.0 Å². The highest BCUT2D eigenvalue weighted by molar-refractivity contribution is 5.47. The molecule has 2 N–H and O–H groups in total. The van der Waals surface area contributed by atoms with Crippen LogP contribution in [0.25, 0.3) is 0 Å². The molecule has 0 aliphatic carbocycles. The third-order valence-corrected chi connectivity index (χ3v) is 5.66. The van der Waals surface area contributed by atoms with Gasteiger partial charge in [0.25, 0.3) is 0 Å². The number of benzene rings is 2. The zero-order chi connectivity index (χ0) is 19.2. The summed E-state index contributed by atoms with van der Waals surface area (Å²) in [5.74, 6) is 0.710. The van der Waals surface area contributed by atoms with E-state index in [1.165, 1.54) is 30.4 Å². The SMILES string of the molecule is CCCCCC(CCCC)(c1ccc(O)c(C)c1)c1ccc(O)c(C)c1. The molecule has 2 rings (SSSR count). The van der Waals surface area contributed by atoms with E-state index < -0.39 is 0 Å². The largest absolute Gasteiger partial charge is 0.508 e. The summed E-state index contributed by atoms with van der Waals surface area (Å²) in [6.45, 7) is 8.42. The van der Waals surface area contributed by atoms with Crippen molar-refractivity contribution in [1.82, 2.24) is 0 Å². The van der Waals surface area contributed by atoms with Gasteiger partial charge >= 0.3 is 0 Å². The molecule has 0 radical (unpaired) electrons. The highest BCUT2D eigenvalue weighted by Gasteiger charge is 2.34. The van der Waals surface area contributed by atoms with E-state index in [-0.39, 0.29) is 5.41 Å². The first-order valence-corrected chi connectivity index (χ1v) is 10.0. The molecular weight excluding hydrogens is 320 g/mol. The van der Waals surface area contributed by atoms with Gasteiger partial charge in [0.05, 0.1) is 0 Å². The number of rotatable bonds is 9. The number of phenolic OH excluding ortho intramolecular Hbond substituents is 2. The molecule has 0 fully saturated rings. The van der Waals surface area contributed by atoms with Crippen molar-refractivity contribution < 1.29 is 10.2 Å². The molecule has 2 heteroatoms. The lowest BCUT2D eigenvalue weighted by atomic mass is 9.67. The lowest BCUT2D eigenvalue weighted by Gasteiger charge is -2.36. The third-order valence-electron chi connectivity index (χ3n) is 5.66. The van der Waals surface area contributed by atoms with Crippen molar-refractivity contribution in [2.24, 2.45) is 0 Å².